The average molecular weight is 284 g/mol. The Kier molecular flexibility index (Phi) is 11.9. The van der Waals surface area contributed by atoms with Crippen molar-refractivity contribution in [1.29, 1.82) is 0 Å². The van der Waals surface area contributed by atoms with E-state index in [1.807, 2.05) is 0 Å². The molecule has 0 aromatic carbocycles. The molecule has 0 amide bonds. The fraction of sp³-hybridized carbons (Fsp3) is 0.750. The molecule has 20 heavy (non-hydrogen) atoms. The van der Waals surface area contributed by atoms with Crippen molar-refractivity contribution >= 4 is 11.9 Å². The maximum atomic E-state index is 10.8. The van der Waals surface area contributed by atoms with Gasteiger partial charge in [0.1, 0.15) is 0 Å². The minimum atomic E-state index is -1.19. The summed E-state index contributed by atoms with van der Waals surface area (Å²) in [7, 11) is 0. The largest absolute Gasteiger partial charge is 0.478 e. The lowest BCUT2D eigenvalue weighted by Crippen LogP contribution is -2.04. The Morgan fingerprint density at radius 1 is 0.800 bits per heavy atom. The van der Waals surface area contributed by atoms with Gasteiger partial charge in [-0.3, -0.25) is 0 Å². The highest BCUT2D eigenvalue weighted by atomic mass is 16.4. The van der Waals surface area contributed by atoms with E-state index in [0.29, 0.717) is 6.42 Å². The van der Waals surface area contributed by atoms with Crippen LogP contribution in [0.1, 0.15) is 77.6 Å². The molecule has 0 rings (SSSR count). The van der Waals surface area contributed by atoms with Crippen molar-refractivity contribution in [2.45, 2.75) is 77.6 Å². The van der Waals surface area contributed by atoms with Crippen molar-refractivity contribution in [2.24, 2.45) is 0 Å². The van der Waals surface area contributed by atoms with Gasteiger partial charge in [0.25, 0.3) is 0 Å². The number of carbonyl (C=O) groups is 2. The summed E-state index contributed by atoms with van der Waals surface area (Å²) < 4.78 is 0. The molecular weight excluding hydrogens is 256 g/mol. The standard InChI is InChI=1S/C16H28O4/c1-2-3-4-5-6-7-8-9-10-11-12-14(16(19)20)13-15(17)18/h13H,2-12H2,1H3,(H,17,18)(H,19,20)/b14-13-. The van der Waals surface area contributed by atoms with Crippen LogP contribution in [0.15, 0.2) is 11.6 Å². The van der Waals surface area contributed by atoms with Crippen molar-refractivity contribution < 1.29 is 19.8 Å². The normalized spacial score (nSPS) is 11.6. The maximum Gasteiger partial charge on any atom is 0.331 e. The third kappa shape index (κ3) is 11.8. The van der Waals surface area contributed by atoms with Crippen LogP contribution in [0.25, 0.3) is 0 Å². The van der Waals surface area contributed by atoms with E-state index in [2.05, 4.69) is 6.92 Å². The van der Waals surface area contributed by atoms with Crippen LogP contribution in [0.4, 0.5) is 0 Å². The van der Waals surface area contributed by atoms with E-state index in [9.17, 15) is 9.59 Å². The molecule has 0 saturated carbocycles. The molecule has 2 N–H and O–H groups in total. The number of hydrogen-bond donors (Lipinski definition) is 2. The molecule has 0 aromatic rings. The molecule has 0 unspecified atom stereocenters. The summed E-state index contributed by atoms with van der Waals surface area (Å²) in [5, 5.41) is 17.4. The predicted octanol–water partition coefficient (Wildman–Crippen LogP) is 4.39. The summed E-state index contributed by atoms with van der Waals surface area (Å²) in [6, 6.07) is 0. The predicted molar refractivity (Wildman–Crippen MR) is 79.8 cm³/mol. The molecule has 0 spiro atoms. The lowest BCUT2D eigenvalue weighted by molar-refractivity contribution is -0.135. The number of unbranched alkanes of at least 4 members (excludes halogenated alkanes) is 9. The van der Waals surface area contributed by atoms with E-state index >= 15 is 0 Å². The van der Waals surface area contributed by atoms with Gasteiger partial charge in [0.05, 0.1) is 0 Å². The maximum absolute atomic E-state index is 10.8. The molecule has 0 saturated heterocycles. The Balaban J connectivity index is 3.51. The Morgan fingerprint density at radius 3 is 1.65 bits per heavy atom. The first-order chi connectivity index (χ1) is 9.57. The highest BCUT2D eigenvalue weighted by molar-refractivity contribution is 5.94. The van der Waals surface area contributed by atoms with Crippen LogP contribution in [-0.2, 0) is 9.59 Å². The third-order valence-corrected chi connectivity index (χ3v) is 3.37. The first kappa shape index (κ1) is 18.7. The van der Waals surface area contributed by atoms with Gasteiger partial charge in [-0.15, -0.1) is 0 Å². The summed E-state index contributed by atoms with van der Waals surface area (Å²) in [6.45, 7) is 2.21. The van der Waals surface area contributed by atoms with Crippen LogP contribution in [0, 0.1) is 0 Å². The fourth-order valence-electron chi connectivity index (χ4n) is 2.19. The third-order valence-electron chi connectivity index (χ3n) is 3.37. The zero-order valence-corrected chi connectivity index (χ0v) is 12.6. The minimum absolute atomic E-state index is 0.00272. The molecule has 4 heteroatoms. The van der Waals surface area contributed by atoms with Gasteiger partial charge in [-0.2, -0.15) is 0 Å². The first-order valence-corrected chi connectivity index (χ1v) is 7.74. The second-order valence-corrected chi connectivity index (χ2v) is 5.24. The second-order valence-electron chi connectivity index (χ2n) is 5.24. The van der Waals surface area contributed by atoms with Crippen molar-refractivity contribution in [3.05, 3.63) is 11.6 Å². The number of hydrogen-bond acceptors (Lipinski definition) is 2. The molecule has 0 bridgehead atoms. The molecule has 116 valence electrons. The Labute approximate surface area is 121 Å². The van der Waals surface area contributed by atoms with Gasteiger partial charge in [-0.1, -0.05) is 64.7 Å². The zero-order chi connectivity index (χ0) is 15.2. The number of rotatable bonds is 13. The van der Waals surface area contributed by atoms with Gasteiger partial charge in [0.2, 0.25) is 0 Å². The van der Waals surface area contributed by atoms with Gasteiger partial charge in [-0.05, 0) is 12.8 Å². The van der Waals surface area contributed by atoms with Crippen molar-refractivity contribution in [3.63, 3.8) is 0 Å². The van der Waals surface area contributed by atoms with Crippen molar-refractivity contribution in [3.8, 4) is 0 Å². The van der Waals surface area contributed by atoms with E-state index in [4.69, 9.17) is 10.2 Å². The lowest BCUT2D eigenvalue weighted by atomic mass is 10.0. The highest BCUT2D eigenvalue weighted by Gasteiger charge is 2.08. The Hall–Kier alpha value is -1.32. The highest BCUT2D eigenvalue weighted by Crippen LogP contribution is 2.13. The van der Waals surface area contributed by atoms with Crippen LogP contribution in [-0.4, -0.2) is 22.2 Å². The summed E-state index contributed by atoms with van der Waals surface area (Å²) in [4.78, 5) is 21.3. The first-order valence-electron chi connectivity index (χ1n) is 7.74. The second kappa shape index (κ2) is 12.7. The molecular formula is C16H28O4. The average Bonchev–Trinajstić information content (AvgIpc) is 2.39. The van der Waals surface area contributed by atoms with E-state index in [1.54, 1.807) is 0 Å². The smallest absolute Gasteiger partial charge is 0.331 e. The Bertz CT molecular complexity index is 308. The monoisotopic (exact) mass is 284 g/mol. The molecule has 0 aliphatic carbocycles. The quantitative estimate of drug-likeness (QED) is 0.388. The molecule has 0 heterocycles. The van der Waals surface area contributed by atoms with Crippen LogP contribution in [0.2, 0.25) is 0 Å². The topological polar surface area (TPSA) is 74.6 Å². The van der Waals surface area contributed by atoms with Gasteiger partial charge in [0.15, 0.2) is 0 Å². The van der Waals surface area contributed by atoms with E-state index in [0.717, 1.165) is 25.3 Å². The lowest BCUT2D eigenvalue weighted by Gasteiger charge is -2.03. The van der Waals surface area contributed by atoms with E-state index in [-0.39, 0.29) is 5.57 Å². The van der Waals surface area contributed by atoms with Crippen molar-refractivity contribution in [2.75, 3.05) is 0 Å². The van der Waals surface area contributed by atoms with Crippen LogP contribution >= 0.6 is 0 Å². The summed E-state index contributed by atoms with van der Waals surface area (Å²) in [5.74, 6) is -2.31. The molecule has 0 radical (unpaired) electrons. The molecule has 4 nitrogen and oxygen atoms in total. The van der Waals surface area contributed by atoms with Crippen LogP contribution in [0.5, 0.6) is 0 Å². The molecule has 0 fully saturated rings. The molecule has 0 aliphatic heterocycles. The summed E-state index contributed by atoms with van der Waals surface area (Å²) in [6.07, 6.45) is 13.0. The molecule has 0 aromatic heterocycles. The molecule has 0 atom stereocenters. The summed E-state index contributed by atoms with van der Waals surface area (Å²) in [5.41, 5.74) is -0.00272. The van der Waals surface area contributed by atoms with Crippen LogP contribution < -0.4 is 0 Å². The summed E-state index contributed by atoms with van der Waals surface area (Å²) >= 11 is 0. The minimum Gasteiger partial charge on any atom is -0.478 e. The van der Waals surface area contributed by atoms with Gasteiger partial charge >= 0.3 is 11.9 Å². The van der Waals surface area contributed by atoms with Crippen molar-refractivity contribution in [1.82, 2.24) is 0 Å². The van der Waals surface area contributed by atoms with Crippen LogP contribution in [0.3, 0.4) is 0 Å². The number of aliphatic carboxylic acids is 2. The zero-order valence-electron chi connectivity index (χ0n) is 12.6. The number of carboxylic acids is 2. The van der Waals surface area contributed by atoms with Gasteiger partial charge in [-0.25, -0.2) is 9.59 Å². The Morgan fingerprint density at radius 2 is 1.25 bits per heavy atom. The van der Waals surface area contributed by atoms with E-state index in [1.165, 1.54) is 44.9 Å². The van der Waals surface area contributed by atoms with E-state index < -0.39 is 11.9 Å². The SMILES string of the molecule is CCCCCCCCCCCC/C(=C/C(=O)O)C(=O)O. The van der Waals surface area contributed by atoms with Gasteiger partial charge < -0.3 is 10.2 Å². The molecule has 0 aliphatic rings. The van der Waals surface area contributed by atoms with Gasteiger partial charge in [0, 0.05) is 11.6 Å². The number of carboxylic acid groups (broad SMARTS) is 2. The fourth-order valence-corrected chi connectivity index (χ4v) is 2.19.